The SMILES string of the molecule is C=C(C(=O)C([C]=O)=Cc1cccs1)c1ccco1. The van der Waals surface area contributed by atoms with Crippen LogP contribution in [0.1, 0.15) is 10.6 Å². The summed E-state index contributed by atoms with van der Waals surface area (Å²) in [6, 6.07) is 6.92. The summed E-state index contributed by atoms with van der Waals surface area (Å²) in [5.74, 6) is -0.124. The highest BCUT2D eigenvalue weighted by atomic mass is 32.1. The molecule has 2 heterocycles. The van der Waals surface area contributed by atoms with Crippen LogP contribution in [0.15, 0.2) is 52.5 Å². The average molecular weight is 257 g/mol. The lowest BCUT2D eigenvalue weighted by Gasteiger charge is -2.00. The third-order valence-corrected chi connectivity index (χ3v) is 3.10. The number of ketones is 1. The smallest absolute Gasteiger partial charge is 0.237 e. The van der Waals surface area contributed by atoms with Gasteiger partial charge in [-0.15, -0.1) is 11.3 Å². The van der Waals surface area contributed by atoms with Gasteiger partial charge in [0.2, 0.25) is 6.29 Å². The Labute approximate surface area is 108 Å². The van der Waals surface area contributed by atoms with Crippen molar-refractivity contribution in [2.24, 2.45) is 0 Å². The molecule has 0 aliphatic carbocycles. The van der Waals surface area contributed by atoms with Gasteiger partial charge in [-0.1, -0.05) is 12.6 Å². The molecule has 0 bridgehead atoms. The van der Waals surface area contributed by atoms with E-state index in [1.807, 2.05) is 17.5 Å². The number of carbonyl (C=O) groups excluding carboxylic acids is 2. The fourth-order valence-electron chi connectivity index (χ4n) is 1.38. The second-order valence-electron chi connectivity index (χ2n) is 3.46. The number of hydrogen-bond acceptors (Lipinski definition) is 4. The van der Waals surface area contributed by atoms with E-state index >= 15 is 0 Å². The molecule has 0 unspecified atom stereocenters. The van der Waals surface area contributed by atoms with Gasteiger partial charge in [0.1, 0.15) is 5.76 Å². The van der Waals surface area contributed by atoms with Gasteiger partial charge in [0, 0.05) is 4.88 Å². The zero-order valence-electron chi connectivity index (χ0n) is 9.38. The van der Waals surface area contributed by atoms with Crippen LogP contribution in [-0.2, 0) is 9.59 Å². The van der Waals surface area contributed by atoms with Gasteiger partial charge in [0.05, 0.1) is 17.4 Å². The Morgan fingerprint density at radius 1 is 1.39 bits per heavy atom. The lowest BCUT2D eigenvalue weighted by Crippen LogP contribution is -2.05. The monoisotopic (exact) mass is 257 g/mol. The van der Waals surface area contributed by atoms with Crippen molar-refractivity contribution < 1.29 is 14.0 Å². The molecule has 0 fully saturated rings. The molecule has 18 heavy (non-hydrogen) atoms. The fraction of sp³-hybridized carbons (Fsp3) is 0. The van der Waals surface area contributed by atoms with Crippen LogP contribution < -0.4 is 0 Å². The van der Waals surface area contributed by atoms with E-state index in [9.17, 15) is 9.59 Å². The van der Waals surface area contributed by atoms with Crippen molar-refractivity contribution >= 4 is 35.1 Å². The molecule has 89 valence electrons. The van der Waals surface area contributed by atoms with Crippen LogP contribution in [0, 0.1) is 0 Å². The molecular weight excluding hydrogens is 248 g/mol. The summed E-state index contributed by atoms with van der Waals surface area (Å²) in [6.45, 7) is 3.64. The van der Waals surface area contributed by atoms with Crippen molar-refractivity contribution in [1.82, 2.24) is 0 Å². The van der Waals surface area contributed by atoms with Crippen molar-refractivity contribution in [3.05, 3.63) is 58.7 Å². The van der Waals surface area contributed by atoms with E-state index < -0.39 is 5.78 Å². The first kappa shape index (κ1) is 12.3. The van der Waals surface area contributed by atoms with E-state index in [0.29, 0.717) is 5.76 Å². The van der Waals surface area contributed by atoms with Crippen molar-refractivity contribution in [2.45, 2.75) is 0 Å². The summed E-state index contributed by atoms with van der Waals surface area (Å²) in [5, 5.41) is 1.86. The van der Waals surface area contributed by atoms with Crippen LogP contribution >= 0.6 is 11.3 Å². The minimum absolute atomic E-state index is 0.0566. The van der Waals surface area contributed by atoms with Gasteiger partial charge in [-0.2, -0.15) is 0 Å². The molecule has 0 N–H and O–H groups in total. The van der Waals surface area contributed by atoms with E-state index in [2.05, 4.69) is 6.58 Å². The molecule has 0 amide bonds. The first-order valence-electron chi connectivity index (χ1n) is 5.13. The molecule has 2 rings (SSSR count). The van der Waals surface area contributed by atoms with Crippen LogP contribution in [0.3, 0.4) is 0 Å². The van der Waals surface area contributed by atoms with Gasteiger partial charge in [0.15, 0.2) is 5.78 Å². The van der Waals surface area contributed by atoms with Gasteiger partial charge in [-0.3, -0.25) is 9.59 Å². The topological polar surface area (TPSA) is 47.3 Å². The third kappa shape index (κ3) is 2.55. The number of carbonyl (C=O) groups is 1. The summed E-state index contributed by atoms with van der Waals surface area (Å²) in [5.41, 5.74) is 0.0880. The van der Waals surface area contributed by atoms with Gasteiger partial charge >= 0.3 is 0 Å². The summed E-state index contributed by atoms with van der Waals surface area (Å²) in [6.07, 6.45) is 4.59. The number of hydrogen-bond donors (Lipinski definition) is 0. The zero-order valence-corrected chi connectivity index (χ0v) is 10.2. The number of Topliss-reactive ketones (excluding diaryl/α,β-unsaturated/α-hetero) is 1. The maximum atomic E-state index is 12.0. The average Bonchev–Trinajstić information content (AvgIpc) is 3.06. The zero-order chi connectivity index (χ0) is 13.0. The highest BCUT2D eigenvalue weighted by Gasteiger charge is 2.17. The quantitative estimate of drug-likeness (QED) is 0.469. The van der Waals surface area contributed by atoms with Crippen molar-refractivity contribution in [3.8, 4) is 0 Å². The lowest BCUT2D eigenvalue weighted by molar-refractivity contribution is -0.110. The maximum absolute atomic E-state index is 12.0. The number of rotatable bonds is 5. The van der Waals surface area contributed by atoms with Crippen LogP contribution in [0.25, 0.3) is 11.6 Å². The molecular formula is C14H9O3S. The Bertz CT molecular complexity index is 589. The lowest BCUT2D eigenvalue weighted by atomic mass is 10.0. The Hall–Kier alpha value is -2.20. The minimum Gasteiger partial charge on any atom is -0.464 e. The Morgan fingerprint density at radius 2 is 2.22 bits per heavy atom. The maximum Gasteiger partial charge on any atom is 0.237 e. The van der Waals surface area contributed by atoms with E-state index in [1.165, 1.54) is 23.7 Å². The molecule has 4 heteroatoms. The van der Waals surface area contributed by atoms with Crippen LogP contribution in [0.2, 0.25) is 0 Å². The van der Waals surface area contributed by atoms with Gasteiger partial charge in [-0.25, -0.2) is 0 Å². The standard InChI is InChI=1S/C14H9O3S/c1-10(13-5-2-6-17-13)14(16)11(9-15)8-12-4-3-7-18-12/h2-8H,1H2. The second kappa shape index (κ2) is 5.42. The molecule has 0 aliphatic heterocycles. The predicted octanol–water partition coefficient (Wildman–Crippen LogP) is 3.12. The van der Waals surface area contributed by atoms with Crippen molar-refractivity contribution in [3.63, 3.8) is 0 Å². The highest BCUT2D eigenvalue weighted by Crippen LogP contribution is 2.20. The largest absolute Gasteiger partial charge is 0.464 e. The Balaban J connectivity index is 2.26. The molecule has 0 saturated heterocycles. The molecule has 1 radical (unpaired) electrons. The van der Waals surface area contributed by atoms with Gasteiger partial charge < -0.3 is 4.42 Å². The molecule has 0 atom stereocenters. The first-order valence-corrected chi connectivity index (χ1v) is 6.01. The van der Waals surface area contributed by atoms with Gasteiger partial charge in [0.25, 0.3) is 0 Å². The predicted molar refractivity (Wildman–Crippen MR) is 70.7 cm³/mol. The third-order valence-electron chi connectivity index (χ3n) is 2.28. The van der Waals surface area contributed by atoms with E-state index in [4.69, 9.17) is 4.42 Å². The fourth-order valence-corrected chi connectivity index (χ4v) is 2.04. The molecule has 0 aliphatic rings. The molecule has 0 saturated carbocycles. The number of furan rings is 1. The molecule has 2 aromatic heterocycles. The van der Waals surface area contributed by atoms with Crippen LogP contribution in [0.4, 0.5) is 0 Å². The van der Waals surface area contributed by atoms with Gasteiger partial charge in [-0.05, 0) is 29.7 Å². The second-order valence-corrected chi connectivity index (χ2v) is 4.44. The summed E-state index contributed by atoms with van der Waals surface area (Å²) in [4.78, 5) is 23.7. The number of allylic oxidation sites excluding steroid dienone is 2. The van der Waals surface area contributed by atoms with Crippen LogP contribution in [-0.4, -0.2) is 12.1 Å². The summed E-state index contributed by atoms with van der Waals surface area (Å²) >= 11 is 1.43. The summed E-state index contributed by atoms with van der Waals surface area (Å²) < 4.78 is 5.07. The highest BCUT2D eigenvalue weighted by molar-refractivity contribution is 7.10. The van der Waals surface area contributed by atoms with E-state index in [-0.39, 0.29) is 11.1 Å². The normalized spacial score (nSPS) is 11.2. The first-order chi connectivity index (χ1) is 8.72. The van der Waals surface area contributed by atoms with Crippen molar-refractivity contribution in [1.29, 1.82) is 0 Å². The van der Waals surface area contributed by atoms with E-state index in [1.54, 1.807) is 18.4 Å². The molecule has 0 spiro atoms. The molecule has 2 aromatic rings. The van der Waals surface area contributed by atoms with E-state index in [0.717, 1.165) is 4.88 Å². The van der Waals surface area contributed by atoms with Crippen molar-refractivity contribution in [2.75, 3.05) is 0 Å². The molecule has 0 aromatic carbocycles. The minimum atomic E-state index is -0.478. The number of thiophene rings is 1. The Kier molecular flexibility index (Phi) is 3.69. The summed E-state index contributed by atoms with van der Waals surface area (Å²) in [7, 11) is 0. The Morgan fingerprint density at radius 3 is 2.78 bits per heavy atom. The molecule has 3 nitrogen and oxygen atoms in total. The van der Waals surface area contributed by atoms with Crippen LogP contribution in [0.5, 0.6) is 0 Å².